The number of nitrogens with zero attached hydrogens (tertiary/aromatic N) is 6. The van der Waals surface area contributed by atoms with Crippen molar-refractivity contribution in [1.29, 1.82) is 0 Å². The number of piperazine rings is 1. The number of anilines is 1. The zero-order valence-electron chi connectivity index (χ0n) is 23.1. The predicted molar refractivity (Wildman–Crippen MR) is 150 cm³/mol. The molecule has 0 spiro atoms. The maximum Gasteiger partial charge on any atom is 0.255 e. The number of hydrogen-bond donors (Lipinski definition) is 0. The number of amides is 1. The minimum Gasteiger partial charge on any atom is -0.493 e. The molecule has 38 heavy (non-hydrogen) atoms. The van der Waals surface area contributed by atoms with Crippen LogP contribution in [0.1, 0.15) is 47.3 Å². The van der Waals surface area contributed by atoms with Crippen molar-refractivity contribution >= 4 is 11.6 Å². The molecule has 2 aliphatic rings. The number of hydrogen-bond acceptors (Lipinski definition) is 7. The topological polar surface area (TPSA) is 73.2 Å². The average Bonchev–Trinajstić information content (AvgIpc) is 3.30. The Labute approximate surface area is 226 Å². The number of fused-ring (bicyclic) bond motifs is 1. The van der Waals surface area contributed by atoms with E-state index in [1.165, 1.54) is 5.69 Å². The van der Waals surface area contributed by atoms with Gasteiger partial charge in [-0.15, -0.1) is 0 Å². The van der Waals surface area contributed by atoms with Crippen LogP contribution in [0.25, 0.3) is 0 Å². The second-order valence-electron chi connectivity index (χ2n) is 9.57. The van der Waals surface area contributed by atoms with Gasteiger partial charge in [0.25, 0.3) is 5.91 Å². The van der Waals surface area contributed by atoms with Crippen LogP contribution in [0.3, 0.4) is 0 Å². The van der Waals surface area contributed by atoms with Crippen LogP contribution in [0.15, 0.2) is 59.5 Å². The van der Waals surface area contributed by atoms with E-state index < -0.39 is 0 Å². The molecule has 9 nitrogen and oxygen atoms in total. The van der Waals surface area contributed by atoms with E-state index in [2.05, 4.69) is 39.7 Å². The number of carbonyl (C=O) groups is 1. The first-order chi connectivity index (χ1) is 18.5. The highest BCUT2D eigenvalue weighted by Crippen LogP contribution is 2.40. The standard InChI is InChI=1S/C29H40N6O3/c1-6-32-16-18-33(19-17-32)26-11-8-10-23-24(26)21-35(29(23)36)25(12-9-15-34(7-2)31-30-3)22-13-14-27(37-4)28(20-22)38-5/h7-8,10-11,13-14,20,25H,2,6,9,12,15-19,21H2,1,3-5H3/t25-/m1/s1. The molecule has 1 amide bonds. The number of methoxy groups -OCH3 is 2. The van der Waals surface area contributed by atoms with E-state index in [1.807, 2.05) is 35.2 Å². The van der Waals surface area contributed by atoms with Crippen LogP contribution >= 0.6 is 0 Å². The molecule has 4 rings (SSSR count). The highest BCUT2D eigenvalue weighted by atomic mass is 16.5. The van der Waals surface area contributed by atoms with Crippen LogP contribution in [-0.4, -0.2) is 81.3 Å². The minimum atomic E-state index is -0.135. The van der Waals surface area contributed by atoms with Gasteiger partial charge in [-0.05, 0) is 49.2 Å². The molecule has 1 fully saturated rings. The fourth-order valence-corrected chi connectivity index (χ4v) is 5.49. The van der Waals surface area contributed by atoms with Crippen LogP contribution in [0, 0.1) is 0 Å². The summed E-state index contributed by atoms with van der Waals surface area (Å²) < 4.78 is 11.1. The Hall–Kier alpha value is -3.59. The number of likely N-dealkylation sites (N-methyl/N-ethyl adjacent to an activating group) is 1. The van der Waals surface area contributed by atoms with Gasteiger partial charge in [0.1, 0.15) is 0 Å². The second-order valence-corrected chi connectivity index (χ2v) is 9.57. The Morgan fingerprint density at radius 1 is 1.11 bits per heavy atom. The Kier molecular flexibility index (Phi) is 9.23. The molecule has 1 saturated heterocycles. The van der Waals surface area contributed by atoms with Gasteiger partial charge in [0.15, 0.2) is 11.5 Å². The lowest BCUT2D eigenvalue weighted by atomic mass is 9.99. The summed E-state index contributed by atoms with van der Waals surface area (Å²) in [5.41, 5.74) is 4.13. The highest BCUT2D eigenvalue weighted by Gasteiger charge is 2.36. The van der Waals surface area contributed by atoms with Gasteiger partial charge < -0.3 is 24.2 Å². The van der Waals surface area contributed by atoms with Crippen LogP contribution in [0.5, 0.6) is 11.5 Å². The normalized spacial score (nSPS) is 16.6. The molecular weight excluding hydrogens is 480 g/mol. The van der Waals surface area contributed by atoms with Gasteiger partial charge in [0, 0.05) is 62.3 Å². The average molecular weight is 521 g/mol. The third kappa shape index (κ3) is 5.78. The fourth-order valence-electron chi connectivity index (χ4n) is 5.49. The first-order valence-corrected chi connectivity index (χ1v) is 13.4. The van der Waals surface area contributed by atoms with Crippen molar-refractivity contribution in [3.8, 4) is 11.5 Å². The van der Waals surface area contributed by atoms with Gasteiger partial charge in [0.05, 0.1) is 27.3 Å². The molecule has 0 unspecified atom stereocenters. The molecule has 0 saturated carbocycles. The van der Waals surface area contributed by atoms with Crippen molar-refractivity contribution in [3.63, 3.8) is 0 Å². The number of benzene rings is 2. The number of ether oxygens (including phenoxy) is 2. The van der Waals surface area contributed by atoms with Crippen LogP contribution in [-0.2, 0) is 6.54 Å². The third-order valence-electron chi connectivity index (χ3n) is 7.58. The molecule has 1 atom stereocenters. The number of rotatable bonds is 12. The third-order valence-corrected chi connectivity index (χ3v) is 7.58. The SMILES string of the molecule is C=CN(CCC[C@H](c1ccc(OC)c(OC)c1)N1Cc2c(cccc2N2CCN(CC)CC2)C1=O)N=NC. The largest absolute Gasteiger partial charge is 0.493 e. The highest BCUT2D eigenvalue weighted by molar-refractivity contribution is 6.00. The van der Waals surface area contributed by atoms with Crippen molar-refractivity contribution in [1.82, 2.24) is 14.8 Å². The summed E-state index contributed by atoms with van der Waals surface area (Å²) in [5, 5.41) is 9.68. The lowest BCUT2D eigenvalue weighted by molar-refractivity contribution is 0.0686. The monoisotopic (exact) mass is 520 g/mol. The molecule has 2 aromatic carbocycles. The van der Waals surface area contributed by atoms with Gasteiger partial charge in [-0.25, -0.2) is 0 Å². The molecule has 0 N–H and O–H groups in total. The minimum absolute atomic E-state index is 0.0719. The molecule has 2 aliphatic heterocycles. The summed E-state index contributed by atoms with van der Waals surface area (Å²) in [6.07, 6.45) is 3.22. The molecule has 2 heterocycles. The van der Waals surface area contributed by atoms with E-state index in [9.17, 15) is 4.79 Å². The Balaban J connectivity index is 1.62. The first kappa shape index (κ1) is 27.4. The van der Waals surface area contributed by atoms with Gasteiger partial charge >= 0.3 is 0 Å². The van der Waals surface area contributed by atoms with Crippen molar-refractivity contribution < 1.29 is 14.3 Å². The quantitative estimate of drug-likeness (QED) is 0.297. The summed E-state index contributed by atoms with van der Waals surface area (Å²) >= 11 is 0. The Morgan fingerprint density at radius 2 is 1.87 bits per heavy atom. The summed E-state index contributed by atoms with van der Waals surface area (Å²) in [6, 6.07) is 12.0. The van der Waals surface area contributed by atoms with Gasteiger partial charge in [-0.2, -0.15) is 5.11 Å². The van der Waals surface area contributed by atoms with Crippen molar-refractivity contribution in [3.05, 3.63) is 65.9 Å². The Morgan fingerprint density at radius 3 is 2.53 bits per heavy atom. The zero-order chi connectivity index (χ0) is 27.1. The molecular formula is C29H40N6O3. The van der Waals surface area contributed by atoms with Crippen LogP contribution in [0.4, 0.5) is 5.69 Å². The van der Waals surface area contributed by atoms with E-state index in [-0.39, 0.29) is 11.9 Å². The van der Waals surface area contributed by atoms with Crippen LogP contribution in [0.2, 0.25) is 0 Å². The molecule has 204 valence electrons. The lowest BCUT2D eigenvalue weighted by Gasteiger charge is -2.36. The molecule has 9 heteroatoms. The number of carbonyl (C=O) groups excluding carboxylic acids is 1. The molecule has 0 aliphatic carbocycles. The zero-order valence-corrected chi connectivity index (χ0v) is 23.1. The first-order valence-electron chi connectivity index (χ1n) is 13.4. The smallest absolute Gasteiger partial charge is 0.255 e. The molecule has 0 radical (unpaired) electrons. The van der Waals surface area contributed by atoms with Gasteiger partial charge in [-0.3, -0.25) is 9.80 Å². The van der Waals surface area contributed by atoms with Crippen LogP contribution < -0.4 is 14.4 Å². The van der Waals surface area contributed by atoms with Gasteiger partial charge in [-0.1, -0.05) is 30.9 Å². The summed E-state index contributed by atoms with van der Waals surface area (Å²) in [6.45, 7) is 12.4. The van der Waals surface area contributed by atoms with Crippen molar-refractivity contribution in [2.24, 2.45) is 10.3 Å². The van der Waals surface area contributed by atoms with Crippen molar-refractivity contribution in [2.75, 3.05) is 65.4 Å². The molecule has 0 bridgehead atoms. The van der Waals surface area contributed by atoms with E-state index in [4.69, 9.17) is 9.47 Å². The Bertz CT molecular complexity index is 1150. The maximum atomic E-state index is 13.9. The maximum absolute atomic E-state index is 13.9. The van der Waals surface area contributed by atoms with E-state index in [1.54, 1.807) is 32.5 Å². The fraction of sp³-hybridized carbons (Fsp3) is 0.483. The summed E-state index contributed by atoms with van der Waals surface area (Å²) in [4.78, 5) is 20.8. The van der Waals surface area contributed by atoms with Crippen molar-refractivity contribution in [2.45, 2.75) is 32.4 Å². The summed E-state index contributed by atoms with van der Waals surface area (Å²) in [7, 11) is 4.90. The molecule has 2 aromatic rings. The van der Waals surface area contributed by atoms with Gasteiger partial charge in [0.2, 0.25) is 0 Å². The van der Waals surface area contributed by atoms with E-state index >= 15 is 0 Å². The van der Waals surface area contributed by atoms with E-state index in [0.29, 0.717) is 24.6 Å². The summed E-state index contributed by atoms with van der Waals surface area (Å²) in [5.74, 6) is 1.39. The van der Waals surface area contributed by atoms with E-state index in [0.717, 1.165) is 62.3 Å². The predicted octanol–water partition coefficient (Wildman–Crippen LogP) is 4.77. The molecule has 0 aromatic heterocycles. The lowest BCUT2D eigenvalue weighted by Crippen LogP contribution is -2.46. The second kappa shape index (κ2) is 12.8.